The molecule has 0 aromatic heterocycles. The predicted octanol–water partition coefficient (Wildman–Crippen LogP) is 2.14. The van der Waals surface area contributed by atoms with Crippen LogP contribution in [0.3, 0.4) is 0 Å². The zero-order valence-electron chi connectivity index (χ0n) is 9.19. The van der Waals surface area contributed by atoms with Crippen LogP contribution in [0.25, 0.3) is 0 Å². The van der Waals surface area contributed by atoms with Gasteiger partial charge in [0, 0.05) is 12.1 Å². The molecule has 1 heterocycles. The molecule has 1 atom stereocenters. The SMILES string of the molecule is O=[N+]([O-])c1ccc(CC2CCCNC2)cc1. The maximum atomic E-state index is 10.5. The van der Waals surface area contributed by atoms with Crippen molar-refractivity contribution in [2.75, 3.05) is 13.1 Å². The number of piperidine rings is 1. The maximum absolute atomic E-state index is 10.5. The molecule has 0 bridgehead atoms. The third kappa shape index (κ3) is 2.79. The molecule has 1 aromatic rings. The van der Waals surface area contributed by atoms with E-state index < -0.39 is 0 Å². The summed E-state index contributed by atoms with van der Waals surface area (Å²) >= 11 is 0. The van der Waals surface area contributed by atoms with Crippen LogP contribution in [-0.4, -0.2) is 18.0 Å². The summed E-state index contributed by atoms with van der Waals surface area (Å²) in [5.74, 6) is 0.676. The number of nitro groups is 1. The Morgan fingerprint density at radius 1 is 1.38 bits per heavy atom. The number of hydrogen-bond donors (Lipinski definition) is 1. The molecule has 2 rings (SSSR count). The molecule has 0 amide bonds. The van der Waals surface area contributed by atoms with E-state index >= 15 is 0 Å². The molecule has 16 heavy (non-hydrogen) atoms. The second-order valence-corrected chi connectivity index (χ2v) is 4.34. The van der Waals surface area contributed by atoms with Crippen molar-refractivity contribution in [3.63, 3.8) is 0 Å². The van der Waals surface area contributed by atoms with E-state index in [-0.39, 0.29) is 10.6 Å². The van der Waals surface area contributed by atoms with Crippen LogP contribution in [0.5, 0.6) is 0 Å². The van der Waals surface area contributed by atoms with Crippen molar-refractivity contribution < 1.29 is 4.92 Å². The number of non-ortho nitro benzene ring substituents is 1. The molecule has 86 valence electrons. The Morgan fingerprint density at radius 3 is 2.69 bits per heavy atom. The van der Waals surface area contributed by atoms with Crippen molar-refractivity contribution in [1.29, 1.82) is 0 Å². The lowest BCUT2D eigenvalue weighted by molar-refractivity contribution is -0.384. The lowest BCUT2D eigenvalue weighted by Gasteiger charge is -2.22. The highest BCUT2D eigenvalue weighted by Crippen LogP contribution is 2.18. The van der Waals surface area contributed by atoms with Gasteiger partial charge in [0.2, 0.25) is 0 Å². The van der Waals surface area contributed by atoms with Crippen molar-refractivity contribution >= 4 is 5.69 Å². The second-order valence-electron chi connectivity index (χ2n) is 4.34. The van der Waals surface area contributed by atoms with Gasteiger partial charge in [0.25, 0.3) is 5.69 Å². The summed E-state index contributed by atoms with van der Waals surface area (Å²) in [7, 11) is 0. The van der Waals surface area contributed by atoms with Gasteiger partial charge in [0.1, 0.15) is 0 Å². The molecule has 1 aromatic carbocycles. The summed E-state index contributed by atoms with van der Waals surface area (Å²) in [6.07, 6.45) is 3.51. The summed E-state index contributed by atoms with van der Waals surface area (Å²) in [6.45, 7) is 2.19. The van der Waals surface area contributed by atoms with Crippen LogP contribution in [0.1, 0.15) is 18.4 Å². The molecule has 1 saturated heterocycles. The first kappa shape index (κ1) is 11.1. The molecule has 1 unspecified atom stereocenters. The average Bonchev–Trinajstić information content (AvgIpc) is 2.31. The summed E-state index contributed by atoms with van der Waals surface area (Å²) in [6, 6.07) is 6.91. The van der Waals surface area contributed by atoms with Crippen LogP contribution < -0.4 is 5.32 Å². The van der Waals surface area contributed by atoms with E-state index in [2.05, 4.69) is 5.32 Å². The second kappa shape index (κ2) is 5.07. The highest BCUT2D eigenvalue weighted by Gasteiger charge is 2.13. The van der Waals surface area contributed by atoms with Gasteiger partial charge in [-0.25, -0.2) is 0 Å². The fourth-order valence-corrected chi connectivity index (χ4v) is 2.19. The fraction of sp³-hybridized carbons (Fsp3) is 0.500. The van der Waals surface area contributed by atoms with Crippen molar-refractivity contribution in [1.82, 2.24) is 5.32 Å². The van der Waals surface area contributed by atoms with E-state index in [1.54, 1.807) is 12.1 Å². The Balaban J connectivity index is 1.96. The summed E-state index contributed by atoms with van der Waals surface area (Å²) in [5.41, 5.74) is 1.37. The first-order valence-corrected chi connectivity index (χ1v) is 5.70. The number of nitro benzene ring substituents is 1. The van der Waals surface area contributed by atoms with Crippen LogP contribution in [0.15, 0.2) is 24.3 Å². The highest BCUT2D eigenvalue weighted by molar-refractivity contribution is 5.33. The largest absolute Gasteiger partial charge is 0.316 e. The monoisotopic (exact) mass is 220 g/mol. The van der Waals surface area contributed by atoms with Gasteiger partial charge in [-0.2, -0.15) is 0 Å². The molecule has 0 saturated carbocycles. The zero-order chi connectivity index (χ0) is 11.4. The number of nitrogens with one attached hydrogen (secondary N) is 1. The van der Waals surface area contributed by atoms with Gasteiger partial charge >= 0.3 is 0 Å². The molecule has 1 fully saturated rings. The van der Waals surface area contributed by atoms with Crippen LogP contribution in [0.4, 0.5) is 5.69 Å². The zero-order valence-corrected chi connectivity index (χ0v) is 9.19. The van der Waals surface area contributed by atoms with E-state index in [9.17, 15) is 10.1 Å². The smallest absolute Gasteiger partial charge is 0.269 e. The first-order valence-electron chi connectivity index (χ1n) is 5.70. The summed E-state index contributed by atoms with van der Waals surface area (Å²) < 4.78 is 0. The van der Waals surface area contributed by atoms with Crippen molar-refractivity contribution in [2.45, 2.75) is 19.3 Å². The van der Waals surface area contributed by atoms with Crippen LogP contribution in [0.2, 0.25) is 0 Å². The first-order chi connectivity index (χ1) is 7.75. The van der Waals surface area contributed by atoms with E-state index in [0.29, 0.717) is 5.92 Å². The molecular formula is C12H16N2O2. The minimum absolute atomic E-state index is 0.172. The molecule has 0 aliphatic carbocycles. The standard InChI is InChI=1S/C12H16N2O2/c15-14(16)12-5-3-10(4-6-12)8-11-2-1-7-13-9-11/h3-6,11,13H,1-2,7-9H2. The molecule has 0 radical (unpaired) electrons. The molecule has 1 aliphatic rings. The normalized spacial score (nSPS) is 20.6. The third-order valence-corrected chi connectivity index (χ3v) is 3.07. The van der Waals surface area contributed by atoms with Crippen LogP contribution >= 0.6 is 0 Å². The summed E-state index contributed by atoms with van der Waals surface area (Å²) in [4.78, 5) is 10.1. The lowest BCUT2D eigenvalue weighted by atomic mass is 9.92. The third-order valence-electron chi connectivity index (χ3n) is 3.07. The molecule has 0 spiro atoms. The summed E-state index contributed by atoms with van der Waals surface area (Å²) in [5, 5.41) is 13.9. The van der Waals surface area contributed by atoms with Crippen LogP contribution in [-0.2, 0) is 6.42 Å². The Morgan fingerprint density at radius 2 is 2.12 bits per heavy atom. The molecule has 4 nitrogen and oxygen atoms in total. The Bertz CT molecular complexity index is 356. The topological polar surface area (TPSA) is 55.2 Å². The quantitative estimate of drug-likeness (QED) is 0.627. The minimum atomic E-state index is -0.355. The van der Waals surface area contributed by atoms with Gasteiger partial charge in [0.15, 0.2) is 0 Å². The molecule has 1 N–H and O–H groups in total. The highest BCUT2D eigenvalue weighted by atomic mass is 16.6. The number of rotatable bonds is 3. The van der Waals surface area contributed by atoms with E-state index in [1.165, 1.54) is 18.4 Å². The van der Waals surface area contributed by atoms with Crippen molar-refractivity contribution in [3.8, 4) is 0 Å². The Hall–Kier alpha value is -1.42. The van der Waals surface area contributed by atoms with Crippen molar-refractivity contribution in [3.05, 3.63) is 39.9 Å². The molecule has 1 aliphatic heterocycles. The van der Waals surface area contributed by atoms with Gasteiger partial charge in [-0.1, -0.05) is 12.1 Å². The fourth-order valence-electron chi connectivity index (χ4n) is 2.19. The van der Waals surface area contributed by atoms with Gasteiger partial charge in [-0.3, -0.25) is 10.1 Å². The Kier molecular flexibility index (Phi) is 3.51. The molecule has 4 heteroatoms. The predicted molar refractivity (Wildman–Crippen MR) is 62.4 cm³/mol. The lowest BCUT2D eigenvalue weighted by Crippen LogP contribution is -2.30. The Labute approximate surface area is 94.8 Å². The van der Waals surface area contributed by atoms with E-state index in [4.69, 9.17) is 0 Å². The van der Waals surface area contributed by atoms with Gasteiger partial charge < -0.3 is 5.32 Å². The van der Waals surface area contributed by atoms with E-state index in [0.717, 1.165) is 19.5 Å². The number of benzene rings is 1. The van der Waals surface area contributed by atoms with Gasteiger partial charge in [0.05, 0.1) is 4.92 Å². The maximum Gasteiger partial charge on any atom is 0.269 e. The molecular weight excluding hydrogens is 204 g/mol. The number of hydrogen-bond acceptors (Lipinski definition) is 3. The van der Waals surface area contributed by atoms with Gasteiger partial charge in [-0.05, 0) is 43.8 Å². The van der Waals surface area contributed by atoms with Crippen LogP contribution in [0, 0.1) is 16.0 Å². The average molecular weight is 220 g/mol. The number of nitrogens with zero attached hydrogens (tertiary/aromatic N) is 1. The van der Waals surface area contributed by atoms with Crippen molar-refractivity contribution in [2.24, 2.45) is 5.92 Å². The van der Waals surface area contributed by atoms with Gasteiger partial charge in [-0.15, -0.1) is 0 Å². The van der Waals surface area contributed by atoms with E-state index in [1.807, 2.05) is 12.1 Å². The minimum Gasteiger partial charge on any atom is -0.316 e.